The Hall–Kier alpha value is -1.93. The van der Waals surface area contributed by atoms with Gasteiger partial charge in [0.05, 0.1) is 11.3 Å². The summed E-state index contributed by atoms with van der Waals surface area (Å²) in [6.07, 6.45) is 1.79. The molecule has 8 heteroatoms. The van der Waals surface area contributed by atoms with Gasteiger partial charge in [0.2, 0.25) is 11.1 Å². The molecule has 0 spiro atoms. The van der Waals surface area contributed by atoms with E-state index in [9.17, 15) is 4.79 Å². The molecule has 0 unspecified atom stereocenters. The van der Waals surface area contributed by atoms with E-state index in [4.69, 9.17) is 4.74 Å². The molecule has 1 atom stereocenters. The van der Waals surface area contributed by atoms with E-state index in [1.165, 1.54) is 11.8 Å². The molecule has 24 heavy (non-hydrogen) atoms. The fraction of sp³-hybridized carbons (Fsp3) is 0.500. The minimum absolute atomic E-state index is 0.0228. The average Bonchev–Trinajstić information content (AvgIpc) is 3.09. The largest absolute Gasteiger partial charge is 0.381 e. The van der Waals surface area contributed by atoms with Crippen molar-refractivity contribution in [1.29, 1.82) is 0 Å². The summed E-state index contributed by atoms with van der Waals surface area (Å²) in [4.78, 5) is 12.3. The van der Waals surface area contributed by atoms with E-state index < -0.39 is 0 Å². The van der Waals surface area contributed by atoms with E-state index in [-0.39, 0.29) is 17.2 Å². The highest BCUT2D eigenvalue weighted by Crippen LogP contribution is 2.27. The first-order valence-electron chi connectivity index (χ1n) is 8.08. The maximum atomic E-state index is 12.3. The summed E-state index contributed by atoms with van der Waals surface area (Å²) >= 11 is 1.39. The molecule has 1 aliphatic rings. The van der Waals surface area contributed by atoms with Crippen LogP contribution in [0.3, 0.4) is 0 Å². The topological polar surface area (TPSA) is 81.9 Å². The number of rotatable bonds is 6. The lowest BCUT2D eigenvalue weighted by Gasteiger charge is -2.22. The summed E-state index contributed by atoms with van der Waals surface area (Å²) in [5.41, 5.74) is 1.08. The van der Waals surface area contributed by atoms with Gasteiger partial charge in [-0.25, -0.2) is 4.68 Å². The van der Waals surface area contributed by atoms with Crippen molar-refractivity contribution >= 4 is 17.7 Å². The summed E-state index contributed by atoms with van der Waals surface area (Å²) in [7, 11) is 0. The fourth-order valence-electron chi connectivity index (χ4n) is 2.56. The number of carbonyl (C=O) groups is 1. The Morgan fingerprint density at radius 3 is 2.88 bits per heavy atom. The molecule has 1 fully saturated rings. The summed E-state index contributed by atoms with van der Waals surface area (Å²) in [6, 6.07) is 10.1. The lowest BCUT2D eigenvalue weighted by atomic mass is 10.1. The van der Waals surface area contributed by atoms with Crippen LogP contribution < -0.4 is 5.32 Å². The molecule has 0 radical (unpaired) electrons. The lowest BCUT2D eigenvalue weighted by molar-refractivity contribution is -0.120. The lowest BCUT2D eigenvalue weighted by Crippen LogP contribution is -2.31. The van der Waals surface area contributed by atoms with Gasteiger partial charge in [0.25, 0.3) is 0 Å². The first-order valence-corrected chi connectivity index (χ1v) is 8.96. The molecule has 1 amide bonds. The van der Waals surface area contributed by atoms with Gasteiger partial charge in [0.15, 0.2) is 0 Å². The molecule has 0 aliphatic carbocycles. The minimum Gasteiger partial charge on any atom is -0.381 e. The zero-order valence-corrected chi connectivity index (χ0v) is 14.4. The Balaban J connectivity index is 1.55. The number of thioether (sulfide) groups is 1. The number of amides is 1. The number of tetrazole rings is 1. The van der Waals surface area contributed by atoms with Crippen molar-refractivity contribution in [2.24, 2.45) is 0 Å². The van der Waals surface area contributed by atoms with Crippen LogP contribution in [0, 0.1) is 0 Å². The normalized spacial score (nSPS) is 16.7. The zero-order chi connectivity index (χ0) is 16.8. The van der Waals surface area contributed by atoms with Crippen molar-refractivity contribution in [3.63, 3.8) is 0 Å². The predicted octanol–water partition coefficient (Wildman–Crippen LogP) is 1.82. The second-order valence-electron chi connectivity index (χ2n) is 5.71. The summed E-state index contributed by atoms with van der Waals surface area (Å²) in [6.45, 7) is 3.84. The van der Waals surface area contributed by atoms with Crippen molar-refractivity contribution in [2.45, 2.75) is 42.8 Å². The van der Waals surface area contributed by atoms with Crippen LogP contribution in [0.4, 0.5) is 0 Å². The molecule has 2 heterocycles. The van der Waals surface area contributed by atoms with E-state index in [0.717, 1.165) is 31.6 Å². The van der Waals surface area contributed by atoms with Crippen LogP contribution in [0.2, 0.25) is 0 Å². The molecular formula is C16H21N5O2S. The van der Waals surface area contributed by atoms with Crippen molar-refractivity contribution in [1.82, 2.24) is 25.5 Å². The van der Waals surface area contributed by atoms with Gasteiger partial charge in [0, 0.05) is 19.8 Å². The molecule has 1 N–H and O–H groups in total. The van der Waals surface area contributed by atoms with Crippen LogP contribution in [0.5, 0.6) is 0 Å². The Morgan fingerprint density at radius 2 is 2.12 bits per heavy atom. The number of nitrogens with one attached hydrogen (secondary N) is 1. The van der Waals surface area contributed by atoms with Crippen LogP contribution >= 0.6 is 11.8 Å². The number of benzene rings is 1. The summed E-state index contributed by atoms with van der Waals surface area (Å²) < 4.78 is 7.21. The summed E-state index contributed by atoms with van der Waals surface area (Å²) in [5, 5.41) is 15.3. The fourth-order valence-corrected chi connectivity index (χ4v) is 3.45. The molecular weight excluding hydrogens is 326 g/mol. The molecule has 128 valence electrons. The quantitative estimate of drug-likeness (QED) is 0.803. The highest BCUT2D eigenvalue weighted by atomic mass is 32.2. The van der Waals surface area contributed by atoms with Crippen molar-refractivity contribution in [3.8, 4) is 0 Å². The third-order valence-electron chi connectivity index (χ3n) is 3.96. The van der Waals surface area contributed by atoms with Crippen LogP contribution in [-0.2, 0) is 16.1 Å². The van der Waals surface area contributed by atoms with Crippen LogP contribution in [0.15, 0.2) is 35.5 Å². The van der Waals surface area contributed by atoms with Gasteiger partial charge in [-0.1, -0.05) is 42.1 Å². The van der Waals surface area contributed by atoms with E-state index in [1.807, 2.05) is 41.9 Å². The second kappa shape index (κ2) is 8.25. The first kappa shape index (κ1) is 16.9. The smallest absolute Gasteiger partial charge is 0.233 e. The van der Waals surface area contributed by atoms with E-state index in [2.05, 4.69) is 20.8 Å². The molecule has 0 saturated carbocycles. The number of hydrogen-bond acceptors (Lipinski definition) is 6. The molecule has 3 rings (SSSR count). The van der Waals surface area contributed by atoms with Gasteiger partial charge in [-0.2, -0.15) is 0 Å². The number of ether oxygens (including phenoxy) is 1. The molecule has 1 aromatic heterocycles. The Kier molecular flexibility index (Phi) is 5.81. The van der Waals surface area contributed by atoms with Gasteiger partial charge >= 0.3 is 0 Å². The van der Waals surface area contributed by atoms with Crippen molar-refractivity contribution in [2.75, 3.05) is 13.2 Å². The van der Waals surface area contributed by atoms with Crippen molar-refractivity contribution in [3.05, 3.63) is 35.9 Å². The first-order chi connectivity index (χ1) is 11.7. The van der Waals surface area contributed by atoms with Crippen LogP contribution in [0.25, 0.3) is 0 Å². The number of nitrogens with zero attached hydrogens (tertiary/aromatic N) is 4. The molecule has 1 aliphatic heterocycles. The third-order valence-corrected chi connectivity index (χ3v) is 5.01. The van der Waals surface area contributed by atoms with Gasteiger partial charge < -0.3 is 10.1 Å². The second-order valence-corrected chi connectivity index (χ2v) is 7.02. The maximum absolute atomic E-state index is 12.3. The Morgan fingerprint density at radius 1 is 1.38 bits per heavy atom. The SMILES string of the molecule is C[C@H](Sc1nnnn1C1CCOCC1)C(=O)NCc1ccccc1. The molecule has 1 saturated heterocycles. The number of hydrogen-bond donors (Lipinski definition) is 1. The minimum atomic E-state index is -0.265. The maximum Gasteiger partial charge on any atom is 0.233 e. The molecule has 7 nitrogen and oxygen atoms in total. The van der Waals surface area contributed by atoms with Crippen LogP contribution in [-0.4, -0.2) is 44.6 Å². The Bertz CT molecular complexity index is 657. The number of carbonyl (C=O) groups excluding carboxylic acids is 1. The van der Waals surface area contributed by atoms with E-state index in [0.29, 0.717) is 11.7 Å². The van der Waals surface area contributed by atoms with E-state index >= 15 is 0 Å². The van der Waals surface area contributed by atoms with Gasteiger partial charge in [-0.05, 0) is 35.8 Å². The van der Waals surface area contributed by atoms with Crippen molar-refractivity contribution < 1.29 is 9.53 Å². The molecule has 2 aromatic rings. The summed E-state index contributed by atoms with van der Waals surface area (Å²) in [5.74, 6) is -0.0228. The van der Waals surface area contributed by atoms with E-state index in [1.54, 1.807) is 0 Å². The highest BCUT2D eigenvalue weighted by molar-refractivity contribution is 8.00. The standard InChI is InChI=1S/C16H21N5O2S/c1-12(15(22)17-11-13-5-3-2-4-6-13)24-16-18-19-20-21(16)14-7-9-23-10-8-14/h2-6,12,14H,7-11H2,1H3,(H,17,22)/t12-/m0/s1. The predicted molar refractivity (Wildman–Crippen MR) is 90.5 cm³/mol. The molecule has 1 aromatic carbocycles. The third kappa shape index (κ3) is 4.33. The van der Waals surface area contributed by atoms with Gasteiger partial charge in [0.1, 0.15) is 0 Å². The van der Waals surface area contributed by atoms with Gasteiger partial charge in [-0.15, -0.1) is 5.10 Å². The zero-order valence-electron chi connectivity index (χ0n) is 13.6. The van der Waals surface area contributed by atoms with Gasteiger partial charge in [-0.3, -0.25) is 4.79 Å². The average molecular weight is 347 g/mol. The van der Waals surface area contributed by atoms with Crippen LogP contribution in [0.1, 0.15) is 31.4 Å². The number of aromatic nitrogens is 4. The molecule has 0 bridgehead atoms. The highest BCUT2D eigenvalue weighted by Gasteiger charge is 2.23. The Labute approximate surface area is 145 Å². The monoisotopic (exact) mass is 347 g/mol.